The Labute approximate surface area is 219 Å². The first-order chi connectivity index (χ1) is 17.7. The number of hydrogen-bond donors (Lipinski definition) is 0. The molecule has 3 heterocycles. The normalized spacial score (nSPS) is 34.8. The van der Waals surface area contributed by atoms with Crippen LogP contribution in [0.5, 0.6) is 0 Å². The second-order valence-electron chi connectivity index (χ2n) is 12.1. The van der Waals surface area contributed by atoms with Gasteiger partial charge in [0.25, 0.3) is 0 Å². The molecule has 3 aliphatic heterocycles. The Morgan fingerprint density at radius 3 is 1.75 bits per heavy atom. The first kappa shape index (κ1) is 27.3. The highest BCUT2D eigenvalue weighted by Crippen LogP contribution is 2.50. The van der Waals surface area contributed by atoms with Crippen LogP contribution in [0.1, 0.15) is 135 Å². The lowest BCUT2D eigenvalue weighted by Crippen LogP contribution is -2.56. The van der Waals surface area contributed by atoms with E-state index in [4.69, 9.17) is 28.4 Å². The van der Waals surface area contributed by atoms with E-state index in [-0.39, 0.29) is 30.7 Å². The predicted octanol–water partition coefficient (Wildman–Crippen LogP) is 7.17. The van der Waals surface area contributed by atoms with E-state index in [2.05, 4.69) is 6.92 Å². The molecular formula is C30H52O6. The zero-order chi connectivity index (χ0) is 24.7. The molecule has 0 bridgehead atoms. The average molecular weight is 509 g/mol. The molecule has 2 aliphatic carbocycles. The Balaban J connectivity index is 1.07. The van der Waals surface area contributed by atoms with Crippen molar-refractivity contribution in [1.29, 1.82) is 0 Å². The van der Waals surface area contributed by atoms with Gasteiger partial charge in [0.05, 0.1) is 6.61 Å². The van der Waals surface area contributed by atoms with E-state index in [1.54, 1.807) is 0 Å². The van der Waals surface area contributed by atoms with Crippen LogP contribution in [-0.2, 0) is 28.4 Å². The molecular weight excluding hydrogens is 456 g/mol. The molecule has 208 valence electrons. The summed E-state index contributed by atoms with van der Waals surface area (Å²) in [4.78, 5) is 0. The summed E-state index contributed by atoms with van der Waals surface area (Å²) in [6.07, 6.45) is 23.3. The smallest absolute Gasteiger partial charge is 0.190 e. The molecule has 5 atom stereocenters. The van der Waals surface area contributed by atoms with Crippen LogP contribution in [0.4, 0.5) is 0 Å². The standard InChI is InChI=1S/C30H52O6/c1-2-3-4-5-6-7-8-9-10-17-22-31-23-24-25-26(34-29(33-25)18-13-11-14-19-29)27-28(32-24)36-30(35-27)20-15-12-16-21-30/h24-28H,2-23H2,1H3. The quantitative estimate of drug-likeness (QED) is 0.246. The summed E-state index contributed by atoms with van der Waals surface area (Å²) in [7, 11) is 0. The van der Waals surface area contributed by atoms with E-state index < -0.39 is 11.6 Å². The minimum absolute atomic E-state index is 0.130. The molecule has 0 aromatic rings. The maximum Gasteiger partial charge on any atom is 0.190 e. The van der Waals surface area contributed by atoms with E-state index in [0.717, 1.165) is 64.4 Å². The highest BCUT2D eigenvalue weighted by Gasteiger charge is 2.63. The third-order valence-corrected chi connectivity index (χ3v) is 9.13. The molecule has 5 aliphatic rings. The van der Waals surface area contributed by atoms with Crippen LogP contribution in [-0.4, -0.2) is 55.5 Å². The monoisotopic (exact) mass is 508 g/mol. The van der Waals surface area contributed by atoms with Crippen molar-refractivity contribution >= 4 is 0 Å². The van der Waals surface area contributed by atoms with Crippen molar-refractivity contribution in [2.45, 2.75) is 178 Å². The lowest BCUT2D eigenvalue weighted by molar-refractivity contribution is -0.256. The van der Waals surface area contributed by atoms with Crippen LogP contribution in [0, 0.1) is 0 Å². The number of fused-ring (bicyclic) bond motifs is 3. The van der Waals surface area contributed by atoms with E-state index in [1.807, 2.05) is 0 Å². The molecule has 5 rings (SSSR count). The van der Waals surface area contributed by atoms with Crippen LogP contribution in [0.2, 0.25) is 0 Å². The van der Waals surface area contributed by atoms with Crippen molar-refractivity contribution in [3.05, 3.63) is 0 Å². The lowest BCUT2D eigenvalue weighted by atomic mass is 9.94. The Morgan fingerprint density at radius 1 is 0.583 bits per heavy atom. The van der Waals surface area contributed by atoms with Gasteiger partial charge in [-0.2, -0.15) is 0 Å². The second kappa shape index (κ2) is 13.2. The molecule has 36 heavy (non-hydrogen) atoms. The van der Waals surface area contributed by atoms with Gasteiger partial charge in [-0.3, -0.25) is 0 Å². The van der Waals surface area contributed by atoms with Gasteiger partial charge in [0.1, 0.15) is 24.4 Å². The van der Waals surface area contributed by atoms with Gasteiger partial charge in [-0.05, 0) is 32.1 Å². The fraction of sp³-hybridized carbons (Fsp3) is 1.00. The topological polar surface area (TPSA) is 55.4 Å². The van der Waals surface area contributed by atoms with Crippen molar-refractivity contribution < 1.29 is 28.4 Å². The molecule has 3 saturated heterocycles. The van der Waals surface area contributed by atoms with Gasteiger partial charge in [0.2, 0.25) is 0 Å². The van der Waals surface area contributed by atoms with Crippen molar-refractivity contribution in [2.75, 3.05) is 13.2 Å². The Bertz CT molecular complexity index is 643. The maximum absolute atomic E-state index is 6.72. The summed E-state index contributed by atoms with van der Waals surface area (Å²) in [6.45, 7) is 3.61. The van der Waals surface area contributed by atoms with Crippen molar-refractivity contribution in [3.8, 4) is 0 Å². The molecule has 0 aromatic carbocycles. The number of unbranched alkanes of at least 4 members (excludes halogenated alkanes) is 9. The SMILES string of the molecule is CCCCCCCCCCCCOCC1OC2OC3(CCCCC3)OC2C2OC3(CCCCC3)OC12. The zero-order valence-electron chi connectivity index (χ0n) is 22.9. The third kappa shape index (κ3) is 6.66. The summed E-state index contributed by atoms with van der Waals surface area (Å²) in [5, 5.41) is 0. The largest absolute Gasteiger partial charge is 0.379 e. The molecule has 0 aromatic heterocycles. The lowest BCUT2D eigenvalue weighted by Gasteiger charge is -2.37. The minimum atomic E-state index is -0.491. The van der Waals surface area contributed by atoms with Gasteiger partial charge in [-0.25, -0.2) is 0 Å². The van der Waals surface area contributed by atoms with E-state index >= 15 is 0 Å². The van der Waals surface area contributed by atoms with Gasteiger partial charge >= 0.3 is 0 Å². The molecule has 0 N–H and O–H groups in total. The summed E-state index contributed by atoms with van der Waals surface area (Å²) in [6, 6.07) is 0. The predicted molar refractivity (Wildman–Crippen MR) is 139 cm³/mol. The van der Waals surface area contributed by atoms with E-state index in [9.17, 15) is 0 Å². The summed E-state index contributed by atoms with van der Waals surface area (Å²) < 4.78 is 39.2. The fourth-order valence-corrected chi connectivity index (χ4v) is 7.06. The molecule has 5 fully saturated rings. The van der Waals surface area contributed by atoms with Crippen LogP contribution in [0.15, 0.2) is 0 Å². The number of rotatable bonds is 13. The van der Waals surface area contributed by atoms with Crippen LogP contribution in [0.25, 0.3) is 0 Å². The van der Waals surface area contributed by atoms with Crippen LogP contribution >= 0.6 is 0 Å². The average Bonchev–Trinajstić information content (AvgIpc) is 3.43. The summed E-state index contributed by atoms with van der Waals surface area (Å²) >= 11 is 0. The highest BCUT2D eigenvalue weighted by atomic mass is 16.9. The molecule has 6 heteroatoms. The van der Waals surface area contributed by atoms with Crippen molar-refractivity contribution in [1.82, 2.24) is 0 Å². The Hall–Kier alpha value is -0.240. The van der Waals surface area contributed by atoms with Crippen LogP contribution < -0.4 is 0 Å². The van der Waals surface area contributed by atoms with Gasteiger partial charge in [-0.15, -0.1) is 0 Å². The van der Waals surface area contributed by atoms with Gasteiger partial charge in [0, 0.05) is 32.3 Å². The zero-order valence-corrected chi connectivity index (χ0v) is 22.9. The van der Waals surface area contributed by atoms with Gasteiger partial charge in [0.15, 0.2) is 17.9 Å². The third-order valence-electron chi connectivity index (χ3n) is 9.13. The van der Waals surface area contributed by atoms with Gasteiger partial charge in [-0.1, -0.05) is 77.6 Å². The van der Waals surface area contributed by atoms with Crippen molar-refractivity contribution in [3.63, 3.8) is 0 Å². The minimum Gasteiger partial charge on any atom is -0.379 e. The molecule has 6 nitrogen and oxygen atoms in total. The summed E-state index contributed by atoms with van der Waals surface area (Å²) in [5.41, 5.74) is 0. The maximum atomic E-state index is 6.72. The molecule has 5 unspecified atom stereocenters. The van der Waals surface area contributed by atoms with Crippen LogP contribution in [0.3, 0.4) is 0 Å². The van der Waals surface area contributed by atoms with Gasteiger partial charge < -0.3 is 28.4 Å². The number of hydrogen-bond acceptors (Lipinski definition) is 6. The Morgan fingerprint density at radius 2 is 1.11 bits per heavy atom. The van der Waals surface area contributed by atoms with E-state index in [1.165, 1.54) is 70.6 Å². The molecule has 0 radical (unpaired) electrons. The first-order valence-corrected chi connectivity index (χ1v) is 15.7. The fourth-order valence-electron chi connectivity index (χ4n) is 7.06. The summed E-state index contributed by atoms with van der Waals surface area (Å²) in [5.74, 6) is -0.956. The number of ether oxygens (including phenoxy) is 6. The molecule has 2 saturated carbocycles. The highest BCUT2D eigenvalue weighted by molar-refractivity contribution is 5.03. The molecule has 2 spiro atoms. The first-order valence-electron chi connectivity index (χ1n) is 15.7. The van der Waals surface area contributed by atoms with Crippen molar-refractivity contribution in [2.24, 2.45) is 0 Å². The Kier molecular flexibility index (Phi) is 10.0. The molecule has 0 amide bonds. The van der Waals surface area contributed by atoms with E-state index in [0.29, 0.717) is 6.61 Å². The second-order valence-corrected chi connectivity index (χ2v) is 12.1.